The molecule has 3 N–H and O–H groups in total. The lowest BCUT2D eigenvalue weighted by molar-refractivity contribution is -0.123. The predicted octanol–water partition coefficient (Wildman–Crippen LogP) is 1.63. The zero-order chi connectivity index (χ0) is 15.1. The van der Waals surface area contributed by atoms with Crippen LogP contribution in [-0.4, -0.2) is 29.0 Å². The maximum atomic E-state index is 11.6. The molecule has 2 rings (SSSR count). The Kier molecular flexibility index (Phi) is 5.09. The van der Waals surface area contributed by atoms with Gasteiger partial charge >= 0.3 is 0 Å². The lowest BCUT2D eigenvalue weighted by Gasteiger charge is -2.11. The van der Waals surface area contributed by atoms with E-state index >= 15 is 0 Å². The minimum absolute atomic E-state index is 0.0302. The minimum atomic E-state index is -0.145. The molecule has 21 heavy (non-hydrogen) atoms. The van der Waals surface area contributed by atoms with Gasteiger partial charge in [-0.3, -0.25) is 4.79 Å². The number of benzene rings is 1. The average molecular weight is 286 g/mol. The Hall–Kier alpha value is -2.63. The molecule has 1 amide bonds. The van der Waals surface area contributed by atoms with Gasteiger partial charge in [-0.15, -0.1) is 0 Å². The molecule has 0 fully saturated rings. The average Bonchev–Trinajstić information content (AvgIpc) is 2.51. The van der Waals surface area contributed by atoms with Crippen molar-refractivity contribution in [3.63, 3.8) is 0 Å². The van der Waals surface area contributed by atoms with E-state index in [0.717, 1.165) is 12.0 Å². The van der Waals surface area contributed by atoms with Crippen LogP contribution < -0.4 is 15.8 Å². The molecule has 0 aliphatic rings. The molecule has 0 unspecified atom stereocenters. The highest BCUT2D eigenvalue weighted by Gasteiger charge is 2.09. The summed E-state index contributed by atoms with van der Waals surface area (Å²) in [5.41, 5.74) is 7.03. The van der Waals surface area contributed by atoms with Gasteiger partial charge in [-0.1, -0.05) is 19.1 Å². The van der Waals surface area contributed by atoms with Crippen LogP contribution in [0.3, 0.4) is 0 Å². The van der Waals surface area contributed by atoms with Crippen LogP contribution in [0.25, 0.3) is 11.3 Å². The van der Waals surface area contributed by atoms with E-state index in [1.54, 1.807) is 18.3 Å². The number of anilines is 1. The molecule has 0 spiro atoms. The van der Waals surface area contributed by atoms with Crippen molar-refractivity contribution in [2.75, 3.05) is 18.9 Å². The molecular formula is C15H18N4O2. The number of hydrogen-bond acceptors (Lipinski definition) is 5. The Morgan fingerprint density at radius 2 is 2.14 bits per heavy atom. The Morgan fingerprint density at radius 1 is 1.33 bits per heavy atom. The highest BCUT2D eigenvalue weighted by Crippen LogP contribution is 2.28. The number of nitrogen functional groups attached to an aromatic ring is 1. The van der Waals surface area contributed by atoms with Crippen molar-refractivity contribution >= 4 is 11.9 Å². The van der Waals surface area contributed by atoms with E-state index < -0.39 is 0 Å². The van der Waals surface area contributed by atoms with Crippen LogP contribution in [-0.2, 0) is 4.79 Å². The maximum absolute atomic E-state index is 11.6. The molecule has 0 saturated heterocycles. The monoisotopic (exact) mass is 286 g/mol. The smallest absolute Gasteiger partial charge is 0.257 e. The highest BCUT2D eigenvalue weighted by molar-refractivity contribution is 5.78. The van der Waals surface area contributed by atoms with Crippen LogP contribution in [0.4, 0.5) is 5.95 Å². The molecule has 0 radical (unpaired) electrons. The largest absolute Gasteiger partial charge is 0.483 e. The van der Waals surface area contributed by atoms with Gasteiger partial charge in [0.1, 0.15) is 5.75 Å². The molecule has 2 aromatic rings. The van der Waals surface area contributed by atoms with Gasteiger partial charge in [0.2, 0.25) is 5.95 Å². The fourth-order valence-electron chi connectivity index (χ4n) is 1.79. The number of amides is 1. The van der Waals surface area contributed by atoms with Crippen LogP contribution in [0.5, 0.6) is 5.75 Å². The summed E-state index contributed by atoms with van der Waals surface area (Å²) in [6.45, 7) is 2.61. The van der Waals surface area contributed by atoms with Gasteiger partial charge in [0, 0.05) is 18.3 Å². The third-order valence-electron chi connectivity index (χ3n) is 2.77. The van der Waals surface area contributed by atoms with E-state index in [0.29, 0.717) is 18.0 Å². The number of carbonyl (C=O) groups excluding carboxylic acids is 1. The second kappa shape index (κ2) is 7.23. The standard InChI is InChI=1S/C15H18N4O2/c1-2-8-17-14(20)10-21-13-6-4-3-5-11(13)12-7-9-18-15(16)19-12/h3-7,9H,2,8,10H2,1H3,(H,17,20)(H2,16,18,19). The summed E-state index contributed by atoms with van der Waals surface area (Å²) in [7, 11) is 0. The molecule has 6 heteroatoms. The lowest BCUT2D eigenvalue weighted by atomic mass is 10.1. The maximum Gasteiger partial charge on any atom is 0.257 e. The van der Waals surface area contributed by atoms with Gasteiger partial charge in [0.25, 0.3) is 5.91 Å². The number of nitrogens with zero attached hydrogens (tertiary/aromatic N) is 2. The first-order chi connectivity index (χ1) is 10.2. The summed E-state index contributed by atoms with van der Waals surface area (Å²) in [4.78, 5) is 19.6. The lowest BCUT2D eigenvalue weighted by Crippen LogP contribution is -2.29. The molecule has 0 saturated carbocycles. The molecule has 0 aliphatic carbocycles. The fraction of sp³-hybridized carbons (Fsp3) is 0.267. The Balaban J connectivity index is 2.12. The Bertz CT molecular complexity index is 616. The number of ether oxygens (including phenoxy) is 1. The number of nitrogens with two attached hydrogens (primary N) is 1. The van der Waals surface area contributed by atoms with Crippen molar-refractivity contribution in [3.8, 4) is 17.0 Å². The number of rotatable bonds is 6. The predicted molar refractivity (Wildman–Crippen MR) is 80.7 cm³/mol. The van der Waals surface area contributed by atoms with Crippen molar-refractivity contribution in [2.45, 2.75) is 13.3 Å². The van der Waals surface area contributed by atoms with Crippen LogP contribution in [0, 0.1) is 0 Å². The molecule has 6 nitrogen and oxygen atoms in total. The second-order valence-electron chi connectivity index (χ2n) is 4.43. The molecule has 0 bridgehead atoms. The minimum Gasteiger partial charge on any atom is -0.483 e. The zero-order valence-corrected chi connectivity index (χ0v) is 11.9. The van der Waals surface area contributed by atoms with Gasteiger partial charge in [-0.25, -0.2) is 9.97 Å². The van der Waals surface area contributed by atoms with Crippen molar-refractivity contribution in [1.82, 2.24) is 15.3 Å². The quantitative estimate of drug-likeness (QED) is 0.842. The van der Waals surface area contributed by atoms with E-state index in [9.17, 15) is 4.79 Å². The summed E-state index contributed by atoms with van der Waals surface area (Å²) >= 11 is 0. The number of aromatic nitrogens is 2. The molecular weight excluding hydrogens is 268 g/mol. The first-order valence-electron chi connectivity index (χ1n) is 6.78. The number of hydrogen-bond donors (Lipinski definition) is 2. The highest BCUT2D eigenvalue weighted by atomic mass is 16.5. The summed E-state index contributed by atoms with van der Waals surface area (Å²) in [6.07, 6.45) is 2.48. The summed E-state index contributed by atoms with van der Waals surface area (Å²) in [6, 6.07) is 9.11. The van der Waals surface area contributed by atoms with E-state index in [1.807, 2.05) is 25.1 Å². The molecule has 110 valence electrons. The Labute approximate surface area is 123 Å². The van der Waals surface area contributed by atoms with Gasteiger partial charge in [-0.2, -0.15) is 0 Å². The Morgan fingerprint density at radius 3 is 2.90 bits per heavy atom. The van der Waals surface area contributed by atoms with Crippen molar-refractivity contribution < 1.29 is 9.53 Å². The van der Waals surface area contributed by atoms with E-state index in [-0.39, 0.29) is 18.5 Å². The molecule has 1 heterocycles. The molecule has 0 aliphatic heterocycles. The summed E-state index contributed by atoms with van der Waals surface area (Å²) in [5, 5.41) is 2.76. The topological polar surface area (TPSA) is 90.1 Å². The second-order valence-corrected chi connectivity index (χ2v) is 4.43. The molecule has 1 aromatic carbocycles. The molecule has 1 aromatic heterocycles. The van der Waals surface area contributed by atoms with Crippen LogP contribution >= 0.6 is 0 Å². The first-order valence-corrected chi connectivity index (χ1v) is 6.78. The third kappa shape index (κ3) is 4.17. The fourth-order valence-corrected chi connectivity index (χ4v) is 1.79. The van der Waals surface area contributed by atoms with Crippen LogP contribution in [0.15, 0.2) is 36.5 Å². The number of nitrogens with one attached hydrogen (secondary N) is 1. The van der Waals surface area contributed by atoms with Crippen molar-refractivity contribution in [3.05, 3.63) is 36.5 Å². The zero-order valence-electron chi connectivity index (χ0n) is 11.9. The van der Waals surface area contributed by atoms with E-state index in [4.69, 9.17) is 10.5 Å². The third-order valence-corrected chi connectivity index (χ3v) is 2.77. The first kappa shape index (κ1) is 14.8. The van der Waals surface area contributed by atoms with Gasteiger partial charge in [0.05, 0.1) is 5.69 Å². The van der Waals surface area contributed by atoms with Crippen LogP contribution in [0.1, 0.15) is 13.3 Å². The van der Waals surface area contributed by atoms with Gasteiger partial charge < -0.3 is 15.8 Å². The molecule has 0 atom stereocenters. The number of carbonyl (C=O) groups is 1. The summed E-state index contributed by atoms with van der Waals surface area (Å²) in [5.74, 6) is 0.638. The van der Waals surface area contributed by atoms with E-state index in [2.05, 4.69) is 15.3 Å². The van der Waals surface area contributed by atoms with Gasteiger partial charge in [-0.05, 0) is 24.6 Å². The van der Waals surface area contributed by atoms with Crippen molar-refractivity contribution in [2.24, 2.45) is 0 Å². The SMILES string of the molecule is CCCNC(=O)COc1ccccc1-c1ccnc(N)n1. The van der Waals surface area contributed by atoms with Crippen molar-refractivity contribution in [1.29, 1.82) is 0 Å². The van der Waals surface area contributed by atoms with E-state index in [1.165, 1.54) is 0 Å². The summed E-state index contributed by atoms with van der Waals surface area (Å²) < 4.78 is 5.58. The normalized spacial score (nSPS) is 10.1. The van der Waals surface area contributed by atoms with Crippen LogP contribution in [0.2, 0.25) is 0 Å². The number of para-hydroxylation sites is 1. The van der Waals surface area contributed by atoms with Gasteiger partial charge in [0.15, 0.2) is 6.61 Å².